The highest BCUT2D eigenvalue weighted by molar-refractivity contribution is 5.97. The SMILES string of the molecule is NC(=O)C12CCC3(CC3C1)C(=O)N2. The van der Waals surface area contributed by atoms with Gasteiger partial charge in [0.2, 0.25) is 11.8 Å². The second-order valence-corrected chi connectivity index (χ2v) is 4.66. The number of hydrogen-bond donors (Lipinski definition) is 2. The molecule has 4 heteroatoms. The van der Waals surface area contributed by atoms with Crippen LogP contribution < -0.4 is 11.1 Å². The zero-order valence-corrected chi connectivity index (χ0v) is 7.30. The number of carbonyl (C=O) groups excluding carboxylic acids is 2. The van der Waals surface area contributed by atoms with E-state index in [2.05, 4.69) is 5.32 Å². The number of fused-ring (bicyclic) bond motifs is 2. The molecule has 2 bridgehead atoms. The van der Waals surface area contributed by atoms with Gasteiger partial charge in [-0.15, -0.1) is 0 Å². The summed E-state index contributed by atoms with van der Waals surface area (Å²) in [6.45, 7) is 0. The number of piperidine rings is 2. The van der Waals surface area contributed by atoms with Crippen molar-refractivity contribution in [3.63, 3.8) is 0 Å². The van der Waals surface area contributed by atoms with E-state index in [1.807, 2.05) is 0 Å². The largest absolute Gasteiger partial charge is 0.368 e. The number of rotatable bonds is 1. The Kier molecular flexibility index (Phi) is 0.983. The van der Waals surface area contributed by atoms with Crippen molar-refractivity contribution in [2.24, 2.45) is 17.1 Å². The van der Waals surface area contributed by atoms with Crippen LogP contribution in [0, 0.1) is 11.3 Å². The minimum absolute atomic E-state index is 0.0637. The third-order valence-electron chi connectivity index (χ3n) is 4.10. The smallest absolute Gasteiger partial charge is 0.243 e. The van der Waals surface area contributed by atoms with Crippen molar-refractivity contribution < 1.29 is 9.59 Å². The van der Waals surface area contributed by atoms with Crippen LogP contribution in [0.25, 0.3) is 0 Å². The second kappa shape index (κ2) is 1.74. The molecule has 3 N–H and O–H groups in total. The van der Waals surface area contributed by atoms with E-state index in [4.69, 9.17) is 5.73 Å². The Bertz CT molecular complexity index is 328. The Morgan fingerprint density at radius 1 is 1.46 bits per heavy atom. The summed E-state index contributed by atoms with van der Waals surface area (Å²) in [6.07, 6.45) is 3.33. The van der Waals surface area contributed by atoms with Gasteiger partial charge in [0.15, 0.2) is 0 Å². The maximum absolute atomic E-state index is 11.6. The first-order valence-corrected chi connectivity index (χ1v) is 4.72. The predicted molar refractivity (Wildman–Crippen MR) is 44.5 cm³/mol. The Morgan fingerprint density at radius 2 is 2.23 bits per heavy atom. The minimum atomic E-state index is -0.694. The number of hydrogen-bond acceptors (Lipinski definition) is 2. The van der Waals surface area contributed by atoms with Gasteiger partial charge in [0.05, 0.1) is 5.41 Å². The molecular weight excluding hydrogens is 168 g/mol. The quantitative estimate of drug-likeness (QED) is 0.572. The second-order valence-electron chi connectivity index (χ2n) is 4.66. The third kappa shape index (κ3) is 0.641. The fourth-order valence-corrected chi connectivity index (χ4v) is 3.05. The van der Waals surface area contributed by atoms with Gasteiger partial charge in [0.1, 0.15) is 5.54 Å². The lowest BCUT2D eigenvalue weighted by Crippen LogP contribution is -2.65. The van der Waals surface area contributed by atoms with Gasteiger partial charge < -0.3 is 11.1 Å². The molecule has 4 aliphatic rings. The summed E-state index contributed by atoms with van der Waals surface area (Å²) in [7, 11) is 0. The first-order valence-electron chi connectivity index (χ1n) is 4.72. The molecule has 2 aliphatic heterocycles. The topological polar surface area (TPSA) is 72.2 Å². The van der Waals surface area contributed by atoms with Crippen LogP contribution in [-0.2, 0) is 9.59 Å². The van der Waals surface area contributed by atoms with Crippen molar-refractivity contribution in [2.75, 3.05) is 0 Å². The molecule has 4 rings (SSSR count). The van der Waals surface area contributed by atoms with Gasteiger partial charge in [-0.3, -0.25) is 9.59 Å². The Labute approximate surface area is 75.9 Å². The Hall–Kier alpha value is -1.06. The van der Waals surface area contributed by atoms with Crippen molar-refractivity contribution in [2.45, 2.75) is 31.2 Å². The molecule has 2 heterocycles. The van der Waals surface area contributed by atoms with Crippen LogP contribution in [0.4, 0.5) is 0 Å². The molecule has 70 valence electrons. The third-order valence-corrected chi connectivity index (χ3v) is 4.10. The summed E-state index contributed by atoms with van der Waals surface area (Å²) in [5, 5.41) is 2.80. The average Bonchev–Trinajstić information content (AvgIpc) is 2.78. The summed E-state index contributed by atoms with van der Waals surface area (Å²) in [5.41, 5.74) is 4.54. The minimum Gasteiger partial charge on any atom is -0.368 e. The predicted octanol–water partition coefficient (Wildman–Crippen LogP) is -0.470. The molecular formula is C9H12N2O2. The van der Waals surface area contributed by atoms with E-state index in [0.717, 1.165) is 25.7 Å². The van der Waals surface area contributed by atoms with Gasteiger partial charge in [0.25, 0.3) is 0 Å². The van der Waals surface area contributed by atoms with Crippen LogP contribution in [-0.4, -0.2) is 17.4 Å². The molecule has 2 saturated heterocycles. The van der Waals surface area contributed by atoms with E-state index >= 15 is 0 Å². The van der Waals surface area contributed by atoms with Crippen molar-refractivity contribution in [1.29, 1.82) is 0 Å². The molecule has 13 heavy (non-hydrogen) atoms. The summed E-state index contributed by atoms with van der Waals surface area (Å²) >= 11 is 0. The molecule has 0 aromatic heterocycles. The van der Waals surface area contributed by atoms with E-state index in [0.29, 0.717) is 5.92 Å². The maximum atomic E-state index is 11.6. The molecule has 2 saturated carbocycles. The van der Waals surface area contributed by atoms with Crippen LogP contribution in [0.1, 0.15) is 25.7 Å². The van der Waals surface area contributed by atoms with E-state index in [9.17, 15) is 9.59 Å². The lowest BCUT2D eigenvalue weighted by Gasteiger charge is -2.44. The molecule has 4 fully saturated rings. The zero-order chi connectivity index (χ0) is 9.27. The van der Waals surface area contributed by atoms with Crippen LogP contribution in [0.3, 0.4) is 0 Å². The standard InChI is InChI=1S/C9H12N2O2/c10-6(12)9-2-1-8(7(13)11-9)3-5(8)4-9/h5H,1-4H2,(H2,10,12)(H,11,13). The highest BCUT2D eigenvalue weighted by Gasteiger charge is 2.70. The van der Waals surface area contributed by atoms with Crippen molar-refractivity contribution in [3.8, 4) is 0 Å². The number of nitrogens with two attached hydrogens (primary N) is 1. The van der Waals surface area contributed by atoms with Gasteiger partial charge >= 0.3 is 0 Å². The molecule has 3 atom stereocenters. The summed E-state index contributed by atoms with van der Waals surface area (Å²) < 4.78 is 0. The first-order chi connectivity index (χ1) is 6.09. The van der Waals surface area contributed by atoms with Crippen molar-refractivity contribution in [3.05, 3.63) is 0 Å². The molecule has 2 aliphatic carbocycles. The highest BCUT2D eigenvalue weighted by atomic mass is 16.2. The molecule has 2 amide bonds. The average molecular weight is 180 g/mol. The molecule has 3 unspecified atom stereocenters. The number of primary amides is 1. The van der Waals surface area contributed by atoms with Gasteiger partial charge in [0, 0.05) is 0 Å². The fraction of sp³-hybridized carbons (Fsp3) is 0.778. The normalized spacial score (nSPS) is 51.1. The van der Waals surface area contributed by atoms with Gasteiger partial charge in [-0.2, -0.15) is 0 Å². The summed E-state index contributed by atoms with van der Waals surface area (Å²) in [6, 6.07) is 0. The van der Waals surface area contributed by atoms with Crippen LogP contribution in [0.2, 0.25) is 0 Å². The maximum Gasteiger partial charge on any atom is 0.243 e. The molecule has 1 spiro atoms. The van der Waals surface area contributed by atoms with E-state index in [1.165, 1.54) is 0 Å². The molecule has 0 aromatic rings. The lowest BCUT2D eigenvalue weighted by atomic mass is 9.71. The lowest BCUT2D eigenvalue weighted by molar-refractivity contribution is -0.143. The van der Waals surface area contributed by atoms with Gasteiger partial charge in [-0.1, -0.05) is 0 Å². The Morgan fingerprint density at radius 3 is 2.77 bits per heavy atom. The van der Waals surface area contributed by atoms with Crippen LogP contribution in [0.5, 0.6) is 0 Å². The molecule has 4 nitrogen and oxygen atoms in total. The molecule has 0 aromatic carbocycles. The van der Waals surface area contributed by atoms with E-state index < -0.39 is 5.54 Å². The van der Waals surface area contributed by atoms with Crippen molar-refractivity contribution >= 4 is 11.8 Å². The highest BCUT2D eigenvalue weighted by Crippen LogP contribution is 2.66. The zero-order valence-electron chi connectivity index (χ0n) is 7.30. The van der Waals surface area contributed by atoms with Gasteiger partial charge in [-0.25, -0.2) is 0 Å². The number of nitrogens with one attached hydrogen (secondary N) is 1. The Balaban J connectivity index is 2.02. The molecule has 0 radical (unpaired) electrons. The monoisotopic (exact) mass is 180 g/mol. The summed E-state index contributed by atoms with van der Waals surface area (Å²) in [4.78, 5) is 22.9. The van der Waals surface area contributed by atoms with Crippen LogP contribution >= 0.6 is 0 Å². The van der Waals surface area contributed by atoms with E-state index in [-0.39, 0.29) is 17.2 Å². The van der Waals surface area contributed by atoms with Gasteiger partial charge in [-0.05, 0) is 31.6 Å². The van der Waals surface area contributed by atoms with Crippen LogP contribution in [0.15, 0.2) is 0 Å². The number of carbonyl (C=O) groups is 2. The first kappa shape index (κ1) is 7.35. The summed E-state index contributed by atoms with van der Waals surface area (Å²) in [5.74, 6) is 0.136. The van der Waals surface area contributed by atoms with E-state index in [1.54, 1.807) is 0 Å². The fourth-order valence-electron chi connectivity index (χ4n) is 3.05. The van der Waals surface area contributed by atoms with Crippen molar-refractivity contribution in [1.82, 2.24) is 5.32 Å². The number of amides is 2.